The molecular formula is C16H18N2O3. The van der Waals surface area contributed by atoms with E-state index in [1.165, 1.54) is 0 Å². The summed E-state index contributed by atoms with van der Waals surface area (Å²) in [6, 6.07) is 12.5. The van der Waals surface area contributed by atoms with Crippen LogP contribution in [-0.4, -0.2) is 25.5 Å². The Kier molecular flexibility index (Phi) is 5.04. The summed E-state index contributed by atoms with van der Waals surface area (Å²) < 4.78 is 10.4. The first-order valence-electron chi connectivity index (χ1n) is 6.49. The van der Waals surface area contributed by atoms with Crippen LogP contribution in [-0.2, 0) is 6.54 Å². The topological polar surface area (TPSA) is 63.1 Å². The number of aromatic hydroxyl groups is 1. The number of hydrazone groups is 1. The van der Waals surface area contributed by atoms with Crippen molar-refractivity contribution < 1.29 is 14.6 Å². The van der Waals surface area contributed by atoms with Crippen molar-refractivity contribution in [2.24, 2.45) is 5.10 Å². The summed E-state index contributed by atoms with van der Waals surface area (Å²) >= 11 is 0. The number of phenolic OH excluding ortho intramolecular Hbond substituents is 1. The molecule has 2 aromatic rings. The molecule has 2 aromatic carbocycles. The molecule has 0 aliphatic rings. The summed E-state index contributed by atoms with van der Waals surface area (Å²) in [6.45, 7) is 0.578. The van der Waals surface area contributed by atoms with Crippen LogP contribution >= 0.6 is 0 Å². The average Bonchev–Trinajstić information content (AvgIpc) is 2.53. The molecule has 0 saturated carbocycles. The molecule has 2 rings (SSSR count). The highest BCUT2D eigenvalue weighted by molar-refractivity contribution is 5.79. The van der Waals surface area contributed by atoms with Crippen molar-refractivity contribution in [1.82, 2.24) is 5.43 Å². The van der Waals surface area contributed by atoms with Crippen LogP contribution in [0.5, 0.6) is 17.2 Å². The van der Waals surface area contributed by atoms with E-state index < -0.39 is 0 Å². The molecule has 0 aromatic heterocycles. The highest BCUT2D eigenvalue weighted by Gasteiger charge is 2.03. The Bertz CT molecular complexity index is 609. The van der Waals surface area contributed by atoms with E-state index in [9.17, 15) is 5.11 Å². The molecule has 0 unspecified atom stereocenters. The van der Waals surface area contributed by atoms with E-state index >= 15 is 0 Å². The summed E-state index contributed by atoms with van der Waals surface area (Å²) in [6.07, 6.45) is 1.69. The van der Waals surface area contributed by atoms with Gasteiger partial charge in [-0.1, -0.05) is 6.07 Å². The van der Waals surface area contributed by atoms with Crippen molar-refractivity contribution in [1.29, 1.82) is 0 Å². The molecule has 0 aliphatic carbocycles. The van der Waals surface area contributed by atoms with Crippen molar-refractivity contribution in [3.8, 4) is 17.2 Å². The van der Waals surface area contributed by atoms with Crippen LogP contribution in [0.2, 0.25) is 0 Å². The minimum Gasteiger partial charge on any atom is -0.508 e. The molecular weight excluding hydrogens is 268 g/mol. The molecule has 0 fully saturated rings. The van der Waals surface area contributed by atoms with E-state index in [0.717, 1.165) is 11.1 Å². The van der Waals surface area contributed by atoms with Gasteiger partial charge < -0.3 is 20.0 Å². The second-order valence-electron chi connectivity index (χ2n) is 4.37. The number of hydrogen-bond donors (Lipinski definition) is 2. The fraction of sp³-hybridized carbons (Fsp3) is 0.188. The fourth-order valence-electron chi connectivity index (χ4n) is 1.81. The van der Waals surface area contributed by atoms with E-state index in [1.54, 1.807) is 44.7 Å². The zero-order chi connectivity index (χ0) is 15.1. The number of ether oxygens (including phenoxy) is 2. The lowest BCUT2D eigenvalue weighted by atomic mass is 10.2. The number of nitrogens with one attached hydrogen (secondary N) is 1. The van der Waals surface area contributed by atoms with E-state index in [4.69, 9.17) is 9.47 Å². The number of hydrogen-bond acceptors (Lipinski definition) is 5. The third-order valence-corrected chi connectivity index (χ3v) is 2.93. The van der Waals surface area contributed by atoms with Gasteiger partial charge in [-0.25, -0.2) is 0 Å². The summed E-state index contributed by atoms with van der Waals surface area (Å²) in [5, 5.41) is 13.3. The molecule has 0 radical (unpaired) electrons. The summed E-state index contributed by atoms with van der Waals surface area (Å²) in [5.41, 5.74) is 4.91. The molecule has 2 N–H and O–H groups in total. The molecule has 0 spiro atoms. The molecule has 0 amide bonds. The first kappa shape index (κ1) is 14.7. The minimum absolute atomic E-state index is 0.241. The van der Waals surface area contributed by atoms with Crippen molar-refractivity contribution in [2.75, 3.05) is 14.2 Å². The number of nitrogens with zero attached hydrogens (tertiary/aromatic N) is 1. The van der Waals surface area contributed by atoms with Gasteiger partial charge >= 0.3 is 0 Å². The van der Waals surface area contributed by atoms with Gasteiger partial charge in [0.1, 0.15) is 5.75 Å². The van der Waals surface area contributed by atoms with E-state index in [0.29, 0.717) is 18.0 Å². The lowest BCUT2D eigenvalue weighted by Gasteiger charge is -2.09. The maximum absolute atomic E-state index is 9.19. The molecule has 0 aliphatic heterocycles. The van der Waals surface area contributed by atoms with Gasteiger partial charge in [0.2, 0.25) is 0 Å². The number of benzene rings is 2. The van der Waals surface area contributed by atoms with Gasteiger partial charge in [-0.2, -0.15) is 5.10 Å². The Morgan fingerprint density at radius 1 is 1.05 bits per heavy atom. The van der Waals surface area contributed by atoms with Gasteiger partial charge in [0.15, 0.2) is 11.5 Å². The maximum Gasteiger partial charge on any atom is 0.161 e. The van der Waals surface area contributed by atoms with Crippen molar-refractivity contribution >= 4 is 6.21 Å². The zero-order valence-electron chi connectivity index (χ0n) is 12.0. The van der Waals surface area contributed by atoms with E-state index in [1.807, 2.05) is 18.2 Å². The lowest BCUT2D eigenvalue weighted by molar-refractivity contribution is 0.354. The van der Waals surface area contributed by atoms with E-state index in [-0.39, 0.29) is 5.75 Å². The van der Waals surface area contributed by atoms with Gasteiger partial charge in [-0.3, -0.25) is 0 Å². The number of rotatable bonds is 6. The average molecular weight is 286 g/mol. The largest absolute Gasteiger partial charge is 0.508 e. The smallest absolute Gasteiger partial charge is 0.161 e. The number of methoxy groups -OCH3 is 2. The lowest BCUT2D eigenvalue weighted by Crippen LogP contribution is -2.06. The Balaban J connectivity index is 1.92. The van der Waals surface area contributed by atoms with Crippen LogP contribution in [0.4, 0.5) is 0 Å². The van der Waals surface area contributed by atoms with Crippen molar-refractivity contribution in [3.63, 3.8) is 0 Å². The molecule has 110 valence electrons. The van der Waals surface area contributed by atoms with Crippen LogP contribution in [0.15, 0.2) is 47.6 Å². The quantitative estimate of drug-likeness (QED) is 0.633. The zero-order valence-corrected chi connectivity index (χ0v) is 12.0. The van der Waals surface area contributed by atoms with Crippen LogP contribution < -0.4 is 14.9 Å². The molecule has 5 nitrogen and oxygen atoms in total. The first-order chi connectivity index (χ1) is 10.2. The van der Waals surface area contributed by atoms with Crippen LogP contribution in [0.25, 0.3) is 0 Å². The summed E-state index contributed by atoms with van der Waals surface area (Å²) in [4.78, 5) is 0. The molecule has 21 heavy (non-hydrogen) atoms. The molecule has 0 saturated heterocycles. The van der Waals surface area contributed by atoms with Crippen molar-refractivity contribution in [3.05, 3.63) is 53.6 Å². The normalized spacial score (nSPS) is 10.6. The summed E-state index contributed by atoms with van der Waals surface area (Å²) in [5.74, 6) is 1.64. The first-order valence-corrected chi connectivity index (χ1v) is 6.49. The van der Waals surface area contributed by atoms with Gasteiger partial charge in [0, 0.05) is 0 Å². The predicted molar refractivity (Wildman–Crippen MR) is 82.1 cm³/mol. The van der Waals surface area contributed by atoms with Crippen LogP contribution in [0.1, 0.15) is 11.1 Å². The molecule has 0 atom stereocenters. The highest BCUT2D eigenvalue weighted by atomic mass is 16.5. The second-order valence-corrected chi connectivity index (χ2v) is 4.37. The fourth-order valence-corrected chi connectivity index (χ4v) is 1.81. The predicted octanol–water partition coefficient (Wildman–Crippen LogP) is 2.53. The SMILES string of the molecule is COc1ccc(CN/N=C\c2ccc(O)cc2)cc1OC. The minimum atomic E-state index is 0.241. The standard InChI is InChI=1S/C16H18N2O3/c1-20-15-8-5-13(9-16(15)21-2)11-18-17-10-12-3-6-14(19)7-4-12/h3-10,18-19H,11H2,1-2H3/b17-10-. The monoisotopic (exact) mass is 286 g/mol. The maximum atomic E-state index is 9.19. The van der Waals surface area contributed by atoms with Crippen LogP contribution in [0, 0.1) is 0 Å². The van der Waals surface area contributed by atoms with Crippen LogP contribution in [0.3, 0.4) is 0 Å². The third-order valence-electron chi connectivity index (χ3n) is 2.93. The van der Waals surface area contributed by atoms with Gasteiger partial charge in [-0.15, -0.1) is 0 Å². The molecule has 5 heteroatoms. The Labute approximate surface area is 123 Å². The molecule has 0 bridgehead atoms. The Hall–Kier alpha value is -2.69. The second kappa shape index (κ2) is 7.19. The van der Waals surface area contributed by atoms with Gasteiger partial charge in [0.05, 0.1) is 27.0 Å². The summed E-state index contributed by atoms with van der Waals surface area (Å²) in [7, 11) is 3.22. The third kappa shape index (κ3) is 4.14. The van der Waals surface area contributed by atoms with E-state index in [2.05, 4.69) is 10.5 Å². The molecule has 0 heterocycles. The highest BCUT2D eigenvalue weighted by Crippen LogP contribution is 2.27. The Morgan fingerprint density at radius 3 is 2.43 bits per heavy atom. The van der Waals surface area contributed by atoms with Crippen molar-refractivity contribution in [2.45, 2.75) is 6.54 Å². The van der Waals surface area contributed by atoms with Gasteiger partial charge in [0.25, 0.3) is 0 Å². The van der Waals surface area contributed by atoms with Gasteiger partial charge in [-0.05, 0) is 47.5 Å². The number of phenols is 1. The Morgan fingerprint density at radius 2 is 1.76 bits per heavy atom.